The summed E-state index contributed by atoms with van der Waals surface area (Å²) in [6.45, 7) is 2.38. The van der Waals surface area contributed by atoms with Gasteiger partial charge in [0.1, 0.15) is 11.6 Å². The summed E-state index contributed by atoms with van der Waals surface area (Å²) in [6.07, 6.45) is 5.25. The molecule has 0 radical (unpaired) electrons. The Morgan fingerprint density at radius 3 is 2.88 bits per heavy atom. The average molecular weight is 338 g/mol. The van der Waals surface area contributed by atoms with Crippen LogP contribution in [0.1, 0.15) is 49.3 Å². The van der Waals surface area contributed by atoms with Crippen LogP contribution in [0.5, 0.6) is 0 Å². The van der Waals surface area contributed by atoms with Crippen LogP contribution in [-0.2, 0) is 17.8 Å². The molecular formula is C19H19FN4O. The van der Waals surface area contributed by atoms with Crippen LogP contribution >= 0.6 is 0 Å². The summed E-state index contributed by atoms with van der Waals surface area (Å²) in [7, 11) is 0. The van der Waals surface area contributed by atoms with Crippen LogP contribution in [0, 0.1) is 17.1 Å². The fraction of sp³-hybridized carbons (Fsp3) is 0.368. The molecule has 0 spiro atoms. The van der Waals surface area contributed by atoms with Gasteiger partial charge in [0.05, 0.1) is 6.07 Å². The molecular weight excluding hydrogens is 319 g/mol. The van der Waals surface area contributed by atoms with E-state index >= 15 is 0 Å². The quantitative estimate of drug-likeness (QED) is 0.801. The van der Waals surface area contributed by atoms with Gasteiger partial charge in [-0.3, -0.25) is 4.79 Å². The van der Waals surface area contributed by atoms with Gasteiger partial charge in [-0.1, -0.05) is 24.6 Å². The highest BCUT2D eigenvalue weighted by Crippen LogP contribution is 2.23. The number of benzene rings is 1. The maximum Gasteiger partial charge on any atom is 0.180 e. The minimum absolute atomic E-state index is 0.354. The van der Waals surface area contributed by atoms with Crippen molar-refractivity contribution in [2.24, 2.45) is 0 Å². The number of aromatic nitrogens is 3. The molecule has 0 N–H and O–H groups in total. The molecule has 0 bridgehead atoms. The van der Waals surface area contributed by atoms with E-state index in [0.717, 1.165) is 38.1 Å². The second-order valence-corrected chi connectivity index (χ2v) is 6.21. The van der Waals surface area contributed by atoms with Crippen molar-refractivity contribution in [1.29, 1.82) is 5.26 Å². The van der Waals surface area contributed by atoms with E-state index in [9.17, 15) is 14.4 Å². The monoisotopic (exact) mass is 338 g/mol. The first-order valence-corrected chi connectivity index (χ1v) is 8.40. The van der Waals surface area contributed by atoms with E-state index in [1.54, 1.807) is 25.1 Å². The Morgan fingerprint density at radius 1 is 1.32 bits per heavy atom. The first-order valence-electron chi connectivity index (χ1n) is 8.40. The summed E-state index contributed by atoms with van der Waals surface area (Å²) in [6, 6.07) is 8.29. The van der Waals surface area contributed by atoms with Crippen molar-refractivity contribution in [3.8, 4) is 6.07 Å². The van der Waals surface area contributed by atoms with Crippen molar-refractivity contribution < 1.29 is 9.18 Å². The maximum atomic E-state index is 13.9. The molecule has 0 amide bonds. The zero-order valence-corrected chi connectivity index (χ0v) is 14.1. The van der Waals surface area contributed by atoms with Crippen LogP contribution < -0.4 is 0 Å². The van der Waals surface area contributed by atoms with Gasteiger partial charge < -0.3 is 4.57 Å². The third kappa shape index (κ3) is 3.50. The van der Waals surface area contributed by atoms with Gasteiger partial charge in [0, 0.05) is 18.5 Å². The number of hydrogen-bond donors (Lipinski definition) is 0. The lowest BCUT2D eigenvalue weighted by molar-refractivity contribution is -0.115. The number of carbonyl (C=O) groups excluding carboxylic acids is 1. The van der Waals surface area contributed by atoms with Crippen molar-refractivity contribution in [1.82, 2.24) is 14.8 Å². The Balaban J connectivity index is 1.90. The van der Waals surface area contributed by atoms with E-state index in [4.69, 9.17) is 0 Å². The van der Waals surface area contributed by atoms with E-state index < -0.39 is 17.5 Å². The minimum Gasteiger partial charge on any atom is -0.313 e. The summed E-state index contributed by atoms with van der Waals surface area (Å²) >= 11 is 0. The standard InChI is InChI=1S/C19H19FN4O/c1-13(14-7-4-5-8-16(14)20)11-17(25)15(12-21)19-23-22-18-9-3-2-6-10-24(18)19/h4-5,7-8,11,15H,2-3,6,9-10H2,1H3. The topological polar surface area (TPSA) is 71.6 Å². The third-order valence-corrected chi connectivity index (χ3v) is 4.47. The molecule has 6 heteroatoms. The molecule has 1 aliphatic rings. The highest BCUT2D eigenvalue weighted by atomic mass is 19.1. The molecule has 0 saturated heterocycles. The van der Waals surface area contributed by atoms with E-state index in [2.05, 4.69) is 10.2 Å². The Morgan fingerprint density at radius 2 is 2.12 bits per heavy atom. The molecule has 5 nitrogen and oxygen atoms in total. The predicted molar refractivity (Wildman–Crippen MR) is 91.0 cm³/mol. The molecule has 128 valence electrons. The van der Waals surface area contributed by atoms with Crippen LogP contribution in [0.3, 0.4) is 0 Å². The van der Waals surface area contributed by atoms with Crippen LogP contribution in [0.25, 0.3) is 5.57 Å². The highest BCUT2D eigenvalue weighted by molar-refractivity contribution is 6.02. The first kappa shape index (κ1) is 17.0. The zero-order chi connectivity index (χ0) is 17.8. The number of nitrogens with zero attached hydrogens (tertiary/aromatic N) is 4. The number of halogens is 1. The second-order valence-electron chi connectivity index (χ2n) is 6.21. The summed E-state index contributed by atoms with van der Waals surface area (Å²) in [5.41, 5.74) is 0.839. The third-order valence-electron chi connectivity index (χ3n) is 4.47. The van der Waals surface area contributed by atoms with Gasteiger partial charge in [-0.25, -0.2) is 4.39 Å². The van der Waals surface area contributed by atoms with Gasteiger partial charge in [0.15, 0.2) is 17.5 Å². The number of carbonyl (C=O) groups is 1. The average Bonchev–Trinajstić information content (AvgIpc) is 2.84. The second kappa shape index (κ2) is 7.39. The molecule has 1 aromatic carbocycles. The molecule has 0 saturated carbocycles. The highest BCUT2D eigenvalue weighted by Gasteiger charge is 2.27. The van der Waals surface area contributed by atoms with Crippen molar-refractivity contribution in [3.05, 3.63) is 53.4 Å². The normalized spacial score (nSPS) is 15.8. The van der Waals surface area contributed by atoms with Crippen LogP contribution in [0.4, 0.5) is 4.39 Å². The lowest BCUT2D eigenvalue weighted by Crippen LogP contribution is -2.16. The summed E-state index contributed by atoms with van der Waals surface area (Å²) in [4.78, 5) is 12.6. The van der Waals surface area contributed by atoms with Gasteiger partial charge in [-0.05, 0) is 37.5 Å². The zero-order valence-electron chi connectivity index (χ0n) is 14.1. The van der Waals surface area contributed by atoms with Gasteiger partial charge >= 0.3 is 0 Å². The maximum absolute atomic E-state index is 13.9. The van der Waals surface area contributed by atoms with Gasteiger partial charge in [-0.2, -0.15) is 5.26 Å². The summed E-state index contributed by atoms with van der Waals surface area (Å²) < 4.78 is 15.8. The molecule has 1 atom stereocenters. The molecule has 1 aromatic heterocycles. The van der Waals surface area contributed by atoms with Crippen molar-refractivity contribution in [3.63, 3.8) is 0 Å². The van der Waals surface area contributed by atoms with Crippen molar-refractivity contribution in [2.45, 2.75) is 45.1 Å². The molecule has 2 heterocycles. The van der Waals surface area contributed by atoms with Crippen molar-refractivity contribution >= 4 is 11.4 Å². The van der Waals surface area contributed by atoms with Crippen molar-refractivity contribution in [2.75, 3.05) is 0 Å². The summed E-state index contributed by atoms with van der Waals surface area (Å²) in [5, 5.41) is 17.8. The number of ketones is 1. The molecule has 25 heavy (non-hydrogen) atoms. The molecule has 2 aromatic rings. The number of rotatable bonds is 4. The van der Waals surface area contributed by atoms with E-state index in [1.807, 2.05) is 10.6 Å². The minimum atomic E-state index is -1.03. The van der Waals surface area contributed by atoms with Crippen LogP contribution in [0.2, 0.25) is 0 Å². The SMILES string of the molecule is CC(=CC(=O)C(C#N)c1nnc2n1CCCCC2)c1ccccc1F. The molecule has 1 aliphatic heterocycles. The summed E-state index contributed by atoms with van der Waals surface area (Å²) in [5.74, 6) is -0.602. The lowest BCUT2D eigenvalue weighted by atomic mass is 9.99. The predicted octanol–water partition coefficient (Wildman–Crippen LogP) is 3.42. The molecule has 3 rings (SSSR count). The Labute approximate surface area is 145 Å². The number of aryl methyl sites for hydroxylation is 1. The van der Waals surface area contributed by atoms with Gasteiger partial charge in [0.25, 0.3) is 0 Å². The van der Waals surface area contributed by atoms with E-state index in [1.165, 1.54) is 12.1 Å². The Kier molecular flexibility index (Phi) is 5.03. The Bertz CT molecular complexity index is 863. The Hall–Kier alpha value is -2.81. The number of nitriles is 1. The smallest absolute Gasteiger partial charge is 0.180 e. The lowest BCUT2D eigenvalue weighted by Gasteiger charge is -2.10. The number of hydrogen-bond acceptors (Lipinski definition) is 4. The van der Waals surface area contributed by atoms with Crippen LogP contribution in [0.15, 0.2) is 30.3 Å². The van der Waals surface area contributed by atoms with Gasteiger partial charge in [0.2, 0.25) is 0 Å². The fourth-order valence-electron chi connectivity index (χ4n) is 3.13. The first-order chi connectivity index (χ1) is 12.1. The molecule has 0 aliphatic carbocycles. The van der Waals surface area contributed by atoms with E-state index in [-0.39, 0.29) is 0 Å². The van der Waals surface area contributed by atoms with E-state index in [0.29, 0.717) is 17.0 Å². The largest absolute Gasteiger partial charge is 0.313 e. The fourth-order valence-corrected chi connectivity index (χ4v) is 3.13. The molecule has 1 unspecified atom stereocenters. The number of fused-ring (bicyclic) bond motifs is 1. The number of allylic oxidation sites excluding steroid dienone is 2. The molecule has 0 fully saturated rings. The van der Waals surface area contributed by atoms with Crippen LogP contribution in [-0.4, -0.2) is 20.5 Å². The van der Waals surface area contributed by atoms with Gasteiger partial charge in [-0.15, -0.1) is 10.2 Å².